The first kappa shape index (κ1) is 9.10. The van der Waals surface area contributed by atoms with Crippen molar-refractivity contribution in [3.8, 4) is 18.4 Å². The molecule has 0 heterocycles. The van der Waals surface area contributed by atoms with E-state index in [1.54, 1.807) is 7.11 Å². The fourth-order valence-corrected chi connectivity index (χ4v) is 1.71. The molecule has 1 atom stereocenters. The molecular formula is C10H13NO. The minimum Gasteiger partial charge on any atom is -0.364 e. The molecule has 0 aromatic rings. The highest BCUT2D eigenvalue weighted by molar-refractivity contribution is 5.30. The lowest BCUT2D eigenvalue weighted by atomic mass is 9.83. The zero-order valence-corrected chi connectivity index (χ0v) is 7.55. The van der Waals surface area contributed by atoms with Gasteiger partial charge in [0.1, 0.15) is 5.60 Å². The molecule has 0 aliphatic heterocycles. The van der Waals surface area contributed by atoms with Gasteiger partial charge in [0.2, 0.25) is 0 Å². The number of nitriles is 1. The molecule has 64 valence electrons. The first-order chi connectivity index (χ1) is 5.70. The second-order valence-corrected chi connectivity index (χ2v) is 3.22. The maximum Gasteiger partial charge on any atom is 0.146 e. The second kappa shape index (κ2) is 2.81. The monoisotopic (exact) mass is 163 g/mol. The molecule has 0 N–H and O–H groups in total. The van der Waals surface area contributed by atoms with Crippen LogP contribution in [0.25, 0.3) is 0 Å². The first-order valence-electron chi connectivity index (χ1n) is 4.14. The normalized spacial score (nSPS) is 23.3. The topological polar surface area (TPSA) is 33.0 Å². The fourth-order valence-electron chi connectivity index (χ4n) is 1.71. The second-order valence-electron chi connectivity index (χ2n) is 3.22. The third kappa shape index (κ3) is 0.924. The van der Waals surface area contributed by atoms with Crippen LogP contribution in [-0.4, -0.2) is 12.7 Å². The van der Waals surface area contributed by atoms with Crippen LogP contribution in [-0.2, 0) is 4.74 Å². The Bertz CT molecular complexity index is 248. The molecular weight excluding hydrogens is 150 g/mol. The first-order valence-corrected chi connectivity index (χ1v) is 4.14. The van der Waals surface area contributed by atoms with Crippen molar-refractivity contribution in [2.45, 2.75) is 31.8 Å². The zero-order valence-electron chi connectivity index (χ0n) is 7.55. The molecule has 1 fully saturated rings. The highest BCUT2D eigenvalue weighted by Gasteiger charge is 2.59. The maximum absolute atomic E-state index is 8.96. The molecule has 0 unspecified atom stereocenters. The van der Waals surface area contributed by atoms with E-state index in [-0.39, 0.29) is 0 Å². The van der Waals surface area contributed by atoms with Crippen molar-refractivity contribution in [1.29, 1.82) is 5.26 Å². The summed E-state index contributed by atoms with van der Waals surface area (Å²) in [6, 6.07) is 2.28. The smallest absolute Gasteiger partial charge is 0.146 e. The van der Waals surface area contributed by atoms with Crippen LogP contribution in [0.5, 0.6) is 0 Å². The molecule has 1 aliphatic rings. The van der Waals surface area contributed by atoms with Crippen LogP contribution < -0.4 is 0 Å². The predicted octanol–water partition coefficient (Wildman–Crippen LogP) is 1.72. The predicted molar refractivity (Wildman–Crippen MR) is 46.1 cm³/mol. The van der Waals surface area contributed by atoms with Crippen molar-refractivity contribution in [2.24, 2.45) is 5.41 Å². The van der Waals surface area contributed by atoms with Gasteiger partial charge in [0.05, 0.1) is 11.5 Å². The largest absolute Gasteiger partial charge is 0.364 e. The Hall–Kier alpha value is -0.990. The van der Waals surface area contributed by atoms with Crippen LogP contribution in [0.4, 0.5) is 0 Å². The van der Waals surface area contributed by atoms with Gasteiger partial charge in [-0.25, -0.2) is 0 Å². The number of ether oxygens (including phenoxy) is 1. The van der Waals surface area contributed by atoms with Gasteiger partial charge in [-0.15, -0.1) is 6.42 Å². The van der Waals surface area contributed by atoms with E-state index in [1.165, 1.54) is 0 Å². The molecule has 2 nitrogen and oxygen atoms in total. The molecule has 2 heteroatoms. The van der Waals surface area contributed by atoms with Gasteiger partial charge in [0.25, 0.3) is 0 Å². The average Bonchev–Trinajstić information content (AvgIpc) is 2.90. The van der Waals surface area contributed by atoms with Crippen LogP contribution in [0, 0.1) is 29.1 Å². The maximum atomic E-state index is 8.96. The summed E-state index contributed by atoms with van der Waals surface area (Å²) in [6.45, 7) is 1.96. The van der Waals surface area contributed by atoms with Crippen LogP contribution in [0.1, 0.15) is 26.2 Å². The minimum atomic E-state index is -0.651. The van der Waals surface area contributed by atoms with Gasteiger partial charge in [-0.2, -0.15) is 5.26 Å². The lowest BCUT2D eigenvalue weighted by Crippen LogP contribution is -2.38. The number of hydrogen-bond acceptors (Lipinski definition) is 2. The Morgan fingerprint density at radius 2 is 2.25 bits per heavy atom. The van der Waals surface area contributed by atoms with E-state index in [0.717, 1.165) is 12.8 Å². The van der Waals surface area contributed by atoms with E-state index in [2.05, 4.69) is 12.0 Å². The van der Waals surface area contributed by atoms with E-state index in [1.807, 2.05) is 6.92 Å². The summed E-state index contributed by atoms with van der Waals surface area (Å²) in [6.07, 6.45) is 7.85. The van der Waals surface area contributed by atoms with Crippen molar-refractivity contribution in [3.63, 3.8) is 0 Å². The SMILES string of the molecule is C#C[C@@](CC)(OC)C1(C#N)CC1. The summed E-state index contributed by atoms with van der Waals surface area (Å²) < 4.78 is 5.30. The Balaban J connectivity index is 2.96. The molecule has 0 aromatic carbocycles. The van der Waals surface area contributed by atoms with Gasteiger partial charge in [-0.05, 0) is 19.3 Å². The third-order valence-corrected chi connectivity index (χ3v) is 2.82. The molecule has 0 aromatic heterocycles. The van der Waals surface area contributed by atoms with Gasteiger partial charge in [0.15, 0.2) is 0 Å². The number of hydrogen-bond donors (Lipinski definition) is 0. The fraction of sp³-hybridized carbons (Fsp3) is 0.700. The summed E-state index contributed by atoms with van der Waals surface area (Å²) >= 11 is 0. The Labute approximate surface area is 73.5 Å². The molecule has 1 aliphatic carbocycles. The van der Waals surface area contributed by atoms with Gasteiger partial charge in [-0.1, -0.05) is 12.8 Å². The van der Waals surface area contributed by atoms with E-state index in [0.29, 0.717) is 6.42 Å². The Morgan fingerprint density at radius 1 is 1.67 bits per heavy atom. The standard InChI is InChI=1S/C10H13NO/c1-4-10(5-2,12-3)9(8-11)6-7-9/h1H,5-7H2,2-3H3/t10-/m0/s1. The summed E-state index contributed by atoms with van der Waals surface area (Å²) in [5.74, 6) is 2.62. The highest BCUT2D eigenvalue weighted by atomic mass is 16.5. The van der Waals surface area contributed by atoms with E-state index in [4.69, 9.17) is 16.4 Å². The van der Waals surface area contributed by atoms with E-state index >= 15 is 0 Å². The molecule has 0 spiro atoms. The Kier molecular flexibility index (Phi) is 2.13. The average molecular weight is 163 g/mol. The van der Waals surface area contributed by atoms with Crippen LogP contribution in [0.2, 0.25) is 0 Å². The number of rotatable bonds is 3. The molecule has 1 rings (SSSR count). The lowest BCUT2D eigenvalue weighted by molar-refractivity contribution is -0.00434. The van der Waals surface area contributed by atoms with E-state index < -0.39 is 11.0 Å². The quantitative estimate of drug-likeness (QED) is 0.593. The molecule has 0 saturated heterocycles. The molecule has 12 heavy (non-hydrogen) atoms. The van der Waals surface area contributed by atoms with Crippen LogP contribution in [0.15, 0.2) is 0 Å². The van der Waals surface area contributed by atoms with Crippen molar-refractivity contribution >= 4 is 0 Å². The number of methoxy groups -OCH3 is 1. The summed E-state index contributed by atoms with van der Waals surface area (Å²) in [4.78, 5) is 0. The van der Waals surface area contributed by atoms with Crippen LogP contribution >= 0.6 is 0 Å². The van der Waals surface area contributed by atoms with Gasteiger partial charge >= 0.3 is 0 Å². The molecule has 0 amide bonds. The highest BCUT2D eigenvalue weighted by Crippen LogP contribution is 2.56. The summed E-state index contributed by atoms with van der Waals surface area (Å²) in [5.41, 5.74) is -1.05. The Morgan fingerprint density at radius 3 is 2.33 bits per heavy atom. The van der Waals surface area contributed by atoms with Crippen LogP contribution in [0.3, 0.4) is 0 Å². The van der Waals surface area contributed by atoms with Gasteiger partial charge in [0, 0.05) is 7.11 Å². The van der Waals surface area contributed by atoms with E-state index in [9.17, 15) is 0 Å². The number of nitrogens with zero attached hydrogens (tertiary/aromatic N) is 1. The van der Waals surface area contributed by atoms with Crippen molar-refractivity contribution < 1.29 is 4.74 Å². The van der Waals surface area contributed by atoms with Gasteiger partial charge in [-0.3, -0.25) is 0 Å². The van der Waals surface area contributed by atoms with Crippen molar-refractivity contribution in [3.05, 3.63) is 0 Å². The zero-order chi connectivity index (χ0) is 9.24. The summed E-state index contributed by atoms with van der Waals surface area (Å²) in [7, 11) is 1.58. The minimum absolute atomic E-state index is 0.398. The molecule has 0 radical (unpaired) electrons. The van der Waals surface area contributed by atoms with Gasteiger partial charge < -0.3 is 4.74 Å². The third-order valence-electron chi connectivity index (χ3n) is 2.82. The van der Waals surface area contributed by atoms with Crippen molar-refractivity contribution in [2.75, 3.05) is 7.11 Å². The lowest BCUT2D eigenvalue weighted by Gasteiger charge is -2.30. The molecule has 1 saturated carbocycles. The number of terminal acetylenes is 1. The molecule has 0 bridgehead atoms. The summed E-state index contributed by atoms with van der Waals surface area (Å²) in [5, 5.41) is 8.96. The van der Waals surface area contributed by atoms with Crippen molar-refractivity contribution in [1.82, 2.24) is 0 Å².